The molecule has 0 aliphatic heterocycles. The second-order valence-corrected chi connectivity index (χ2v) is 2.64. The van der Waals surface area contributed by atoms with Gasteiger partial charge in [0.2, 0.25) is 5.88 Å². The van der Waals surface area contributed by atoms with Gasteiger partial charge in [0.05, 0.1) is 7.11 Å². The zero-order chi connectivity index (χ0) is 8.27. The number of rotatable bonds is 2. The third-order valence-electron chi connectivity index (χ3n) is 1.08. The van der Waals surface area contributed by atoms with Crippen LogP contribution >= 0.6 is 0 Å². The van der Waals surface area contributed by atoms with E-state index in [0.29, 0.717) is 5.88 Å². The first-order valence-corrected chi connectivity index (χ1v) is 3.92. The van der Waals surface area contributed by atoms with Crippen molar-refractivity contribution in [2.75, 3.05) is 7.11 Å². The van der Waals surface area contributed by atoms with Gasteiger partial charge >= 0.3 is 29.6 Å². The van der Waals surface area contributed by atoms with Crippen LogP contribution in [0.5, 0.6) is 5.88 Å². The van der Waals surface area contributed by atoms with Crippen molar-refractivity contribution in [2.24, 2.45) is 0 Å². The predicted molar refractivity (Wildman–Crippen MR) is 38.0 cm³/mol. The second-order valence-electron chi connectivity index (χ2n) is 1.75. The fourth-order valence-electron chi connectivity index (χ4n) is 0.602. The fourth-order valence-corrected chi connectivity index (χ4v) is 0.957. The van der Waals surface area contributed by atoms with Crippen LogP contribution in [0, 0.1) is 0 Å². The Morgan fingerprint density at radius 3 is 2.75 bits per heavy atom. The van der Waals surface area contributed by atoms with E-state index < -0.39 is 11.1 Å². The molecule has 1 aromatic rings. The van der Waals surface area contributed by atoms with Gasteiger partial charge in [0.15, 0.2) is 0 Å². The molecule has 6 heteroatoms. The van der Waals surface area contributed by atoms with E-state index in [4.69, 9.17) is 4.74 Å². The standard InChI is InChI=1S/C6H7NO3S.Na/c1-10-5-3-2-4-6(7-5)11(8)9;/h2-4H,1H3,(H,8,9);/q;+1/p-1. The zero-order valence-corrected chi connectivity index (χ0v) is 9.63. The van der Waals surface area contributed by atoms with E-state index in [0.717, 1.165) is 0 Å². The molecule has 0 amide bonds. The number of methoxy groups -OCH3 is 1. The Morgan fingerprint density at radius 1 is 1.58 bits per heavy atom. The van der Waals surface area contributed by atoms with Crippen LogP contribution in [0.2, 0.25) is 0 Å². The molecule has 0 saturated heterocycles. The second kappa shape index (κ2) is 5.66. The van der Waals surface area contributed by atoms with E-state index in [2.05, 4.69) is 4.98 Å². The smallest absolute Gasteiger partial charge is 0.767 e. The summed E-state index contributed by atoms with van der Waals surface area (Å²) >= 11 is -2.28. The van der Waals surface area contributed by atoms with Gasteiger partial charge in [-0.15, -0.1) is 0 Å². The van der Waals surface area contributed by atoms with Gasteiger partial charge in [-0.1, -0.05) is 6.07 Å². The van der Waals surface area contributed by atoms with E-state index in [1.807, 2.05) is 0 Å². The molecule has 0 aromatic carbocycles. The summed E-state index contributed by atoms with van der Waals surface area (Å²) in [6, 6.07) is 4.54. The summed E-state index contributed by atoms with van der Waals surface area (Å²) < 4.78 is 25.4. The molecule has 1 aromatic heterocycles. The molecule has 0 bridgehead atoms. The average molecular weight is 195 g/mol. The molecule has 1 unspecified atom stereocenters. The summed E-state index contributed by atoms with van der Waals surface area (Å²) in [5.74, 6) is 0.298. The van der Waals surface area contributed by atoms with E-state index in [-0.39, 0.29) is 34.6 Å². The molecule has 0 N–H and O–H groups in total. The number of ether oxygens (including phenoxy) is 1. The first-order chi connectivity index (χ1) is 5.24. The summed E-state index contributed by atoms with van der Waals surface area (Å²) in [6.45, 7) is 0. The molecule has 4 nitrogen and oxygen atoms in total. The number of pyridine rings is 1. The van der Waals surface area contributed by atoms with E-state index in [1.54, 1.807) is 12.1 Å². The molecule has 0 fully saturated rings. The van der Waals surface area contributed by atoms with Gasteiger partial charge in [-0.25, -0.2) is 4.98 Å². The molecule has 60 valence electrons. The summed E-state index contributed by atoms with van der Waals surface area (Å²) in [6.07, 6.45) is 0. The van der Waals surface area contributed by atoms with Crippen molar-refractivity contribution >= 4 is 11.1 Å². The maximum absolute atomic E-state index is 10.4. The molecule has 0 radical (unpaired) electrons. The Hall–Kier alpha value is 0.0600. The van der Waals surface area contributed by atoms with Gasteiger partial charge in [0.1, 0.15) is 5.03 Å². The van der Waals surface area contributed by atoms with Crippen LogP contribution in [0.4, 0.5) is 0 Å². The van der Waals surface area contributed by atoms with Gasteiger partial charge in [-0.05, 0) is 17.1 Å². The van der Waals surface area contributed by atoms with Crippen LogP contribution in [0.3, 0.4) is 0 Å². The van der Waals surface area contributed by atoms with Crippen LogP contribution < -0.4 is 34.3 Å². The molecule has 1 heterocycles. The fraction of sp³-hybridized carbons (Fsp3) is 0.167. The van der Waals surface area contributed by atoms with E-state index in [1.165, 1.54) is 13.2 Å². The minimum Gasteiger partial charge on any atom is -0.767 e. The van der Waals surface area contributed by atoms with Crippen molar-refractivity contribution in [3.8, 4) is 5.88 Å². The Balaban J connectivity index is 0.00000121. The molecule has 0 aliphatic carbocycles. The molecule has 12 heavy (non-hydrogen) atoms. The van der Waals surface area contributed by atoms with Gasteiger partial charge in [-0.2, -0.15) is 0 Å². The minimum atomic E-state index is -2.28. The third-order valence-corrected chi connectivity index (χ3v) is 1.65. The molecule has 0 aliphatic rings. The summed E-state index contributed by atoms with van der Waals surface area (Å²) in [4.78, 5) is 3.66. The minimum absolute atomic E-state index is 0. The Kier molecular flexibility index (Phi) is 5.69. The zero-order valence-electron chi connectivity index (χ0n) is 6.81. The largest absolute Gasteiger partial charge is 1.00 e. The number of aromatic nitrogens is 1. The van der Waals surface area contributed by atoms with Crippen molar-refractivity contribution in [3.05, 3.63) is 18.2 Å². The Morgan fingerprint density at radius 2 is 2.25 bits per heavy atom. The van der Waals surface area contributed by atoms with Crippen molar-refractivity contribution < 1.29 is 43.1 Å². The maximum atomic E-state index is 10.4. The van der Waals surface area contributed by atoms with Crippen LogP contribution in [-0.4, -0.2) is 20.9 Å². The third kappa shape index (κ3) is 3.20. The average Bonchev–Trinajstić information content (AvgIpc) is 2.05. The van der Waals surface area contributed by atoms with Crippen LogP contribution in [-0.2, 0) is 11.1 Å². The van der Waals surface area contributed by atoms with Crippen molar-refractivity contribution in [1.29, 1.82) is 0 Å². The van der Waals surface area contributed by atoms with Crippen molar-refractivity contribution in [1.82, 2.24) is 4.98 Å². The molecular formula is C6H6NNaO3S. The normalized spacial score (nSPS) is 11.5. The van der Waals surface area contributed by atoms with Crippen LogP contribution in [0.1, 0.15) is 0 Å². The number of hydrogen-bond donors (Lipinski definition) is 0. The molecular weight excluding hydrogens is 189 g/mol. The summed E-state index contributed by atoms with van der Waals surface area (Å²) in [7, 11) is 1.43. The van der Waals surface area contributed by atoms with E-state index in [9.17, 15) is 8.76 Å². The summed E-state index contributed by atoms with van der Waals surface area (Å²) in [5, 5.41) is -0.00986. The van der Waals surface area contributed by atoms with Gasteiger partial charge in [-0.3, -0.25) is 4.21 Å². The summed E-state index contributed by atoms with van der Waals surface area (Å²) in [5.41, 5.74) is 0. The van der Waals surface area contributed by atoms with Gasteiger partial charge < -0.3 is 9.29 Å². The monoisotopic (exact) mass is 195 g/mol. The first-order valence-electron chi connectivity index (χ1n) is 2.84. The quantitative estimate of drug-likeness (QED) is 0.381. The number of nitrogens with zero attached hydrogens (tertiary/aromatic N) is 1. The SMILES string of the molecule is COc1cccc(S(=O)[O-])n1.[Na+]. The first kappa shape index (κ1) is 12.1. The van der Waals surface area contributed by atoms with Crippen LogP contribution in [0.15, 0.2) is 23.2 Å². The van der Waals surface area contributed by atoms with Crippen molar-refractivity contribution in [3.63, 3.8) is 0 Å². The topological polar surface area (TPSA) is 62.2 Å². The van der Waals surface area contributed by atoms with Crippen LogP contribution in [0.25, 0.3) is 0 Å². The van der Waals surface area contributed by atoms with Gasteiger partial charge in [0.25, 0.3) is 0 Å². The predicted octanol–water partition coefficient (Wildman–Crippen LogP) is -2.67. The number of hydrogen-bond acceptors (Lipinski definition) is 4. The molecule has 0 spiro atoms. The Labute approximate surface area is 94.9 Å². The van der Waals surface area contributed by atoms with Crippen molar-refractivity contribution in [2.45, 2.75) is 5.03 Å². The molecule has 1 rings (SSSR count). The maximum Gasteiger partial charge on any atom is 1.00 e. The molecule has 1 atom stereocenters. The Bertz CT molecular complexity index is 281. The van der Waals surface area contributed by atoms with E-state index >= 15 is 0 Å². The van der Waals surface area contributed by atoms with Gasteiger partial charge in [0, 0.05) is 6.07 Å². The molecule has 0 saturated carbocycles.